The summed E-state index contributed by atoms with van der Waals surface area (Å²) in [5.41, 5.74) is 5.33. The number of allylic oxidation sites excluding steroid dienone is 11. The largest absolute Gasteiger partial charge is 0.472 e. The standard InChI is InChI=1S/C45H76NO10P/c1-3-4-5-6-7-8-9-10-11-12-13-17-20-23-30-35-44(49)53-39-43(40-55-57(51,52)54-38-37-46)56-45(50)36-31-24-21-18-15-14-16-19-22-28-33-42(48)34-29-26-25-27-32-41(2)47/h10-11,14-15,19,21-22,24,26-29,32-33,41-43,47-48H,3-9,12-13,16-18,20,23,25,30-31,34-40,46H2,1-2H3,(H,51,52)/b11-10-,15-14+,22-19+,24-21+,29-26+,32-27-,33-28-. The number of rotatable bonds is 38. The third-order valence-electron chi connectivity index (χ3n) is 8.37. The van der Waals surface area contributed by atoms with E-state index < -0.39 is 44.7 Å². The number of ether oxygens (including phenoxy) is 2. The summed E-state index contributed by atoms with van der Waals surface area (Å²) in [7, 11) is -4.42. The van der Waals surface area contributed by atoms with E-state index in [1.54, 1.807) is 19.1 Å². The number of carbonyl (C=O) groups is 2. The molecule has 0 aromatic rings. The molecule has 0 saturated carbocycles. The highest BCUT2D eigenvalue weighted by molar-refractivity contribution is 7.47. The molecule has 0 fully saturated rings. The van der Waals surface area contributed by atoms with Crippen LogP contribution < -0.4 is 5.73 Å². The molecule has 12 heteroatoms. The van der Waals surface area contributed by atoms with Crippen LogP contribution in [-0.4, -0.2) is 71.7 Å². The topological polar surface area (TPSA) is 175 Å². The zero-order valence-corrected chi connectivity index (χ0v) is 35.9. The van der Waals surface area contributed by atoms with Crippen LogP contribution in [0.15, 0.2) is 85.1 Å². The monoisotopic (exact) mass is 822 g/mol. The molecule has 0 aliphatic rings. The molecule has 0 spiro atoms. The summed E-state index contributed by atoms with van der Waals surface area (Å²) in [5.74, 6) is -0.988. The lowest BCUT2D eigenvalue weighted by molar-refractivity contribution is -0.161. The highest BCUT2D eigenvalue weighted by atomic mass is 31.2. The number of phosphoric acid groups is 1. The second kappa shape index (κ2) is 39.9. The Morgan fingerprint density at radius 3 is 1.93 bits per heavy atom. The number of carbonyl (C=O) groups excluding carboxylic acids is 2. The molecule has 326 valence electrons. The fourth-order valence-corrected chi connectivity index (χ4v) is 5.99. The molecule has 5 N–H and O–H groups in total. The molecule has 0 aromatic carbocycles. The van der Waals surface area contributed by atoms with Gasteiger partial charge in [-0.3, -0.25) is 18.6 Å². The third-order valence-corrected chi connectivity index (χ3v) is 9.36. The lowest BCUT2D eigenvalue weighted by atomic mass is 10.1. The third kappa shape index (κ3) is 41.1. The van der Waals surface area contributed by atoms with Crippen molar-refractivity contribution >= 4 is 19.8 Å². The van der Waals surface area contributed by atoms with Gasteiger partial charge in [0.25, 0.3) is 0 Å². The Morgan fingerprint density at radius 2 is 1.25 bits per heavy atom. The number of unbranched alkanes of at least 4 members (excludes halogenated alkanes) is 11. The first-order chi connectivity index (χ1) is 27.6. The first kappa shape index (κ1) is 54.1. The first-order valence-electron chi connectivity index (χ1n) is 21.2. The van der Waals surface area contributed by atoms with Gasteiger partial charge in [0.2, 0.25) is 0 Å². The molecule has 57 heavy (non-hydrogen) atoms. The molecule has 0 aliphatic heterocycles. The van der Waals surface area contributed by atoms with E-state index in [1.807, 2.05) is 60.8 Å². The number of hydrogen-bond donors (Lipinski definition) is 4. The number of aliphatic hydroxyl groups excluding tert-OH is 2. The molecule has 0 heterocycles. The van der Waals surface area contributed by atoms with Gasteiger partial charge in [-0.15, -0.1) is 0 Å². The molecule has 0 rings (SSSR count). The van der Waals surface area contributed by atoms with Crippen molar-refractivity contribution in [1.29, 1.82) is 0 Å². The van der Waals surface area contributed by atoms with Crippen molar-refractivity contribution in [2.45, 2.75) is 161 Å². The number of nitrogens with two attached hydrogens (primary N) is 1. The highest BCUT2D eigenvalue weighted by Gasteiger charge is 2.25. The van der Waals surface area contributed by atoms with Crippen molar-refractivity contribution in [3.63, 3.8) is 0 Å². The molecule has 0 aromatic heterocycles. The Bertz CT molecular complexity index is 1240. The summed E-state index contributed by atoms with van der Waals surface area (Å²) in [5, 5.41) is 19.2. The van der Waals surface area contributed by atoms with E-state index in [4.69, 9.17) is 24.3 Å². The van der Waals surface area contributed by atoms with Gasteiger partial charge in [0.15, 0.2) is 6.10 Å². The van der Waals surface area contributed by atoms with Crippen LogP contribution in [0.3, 0.4) is 0 Å². The molecule has 0 amide bonds. The van der Waals surface area contributed by atoms with E-state index >= 15 is 0 Å². The molecule has 4 unspecified atom stereocenters. The second-order valence-electron chi connectivity index (χ2n) is 14.0. The summed E-state index contributed by atoms with van der Waals surface area (Å²) < 4.78 is 32.6. The van der Waals surface area contributed by atoms with Gasteiger partial charge in [-0.25, -0.2) is 4.57 Å². The first-order valence-corrected chi connectivity index (χ1v) is 22.7. The molecule has 11 nitrogen and oxygen atoms in total. The van der Waals surface area contributed by atoms with Gasteiger partial charge in [-0.2, -0.15) is 0 Å². The van der Waals surface area contributed by atoms with E-state index in [-0.39, 0.29) is 32.6 Å². The lowest BCUT2D eigenvalue weighted by Crippen LogP contribution is -2.29. The Morgan fingerprint density at radius 1 is 0.649 bits per heavy atom. The van der Waals surface area contributed by atoms with Crippen LogP contribution in [0.1, 0.15) is 142 Å². The lowest BCUT2D eigenvalue weighted by Gasteiger charge is -2.19. The number of esters is 2. The summed E-state index contributed by atoms with van der Waals surface area (Å²) in [4.78, 5) is 34.8. The molecule has 0 saturated heterocycles. The predicted molar refractivity (Wildman–Crippen MR) is 231 cm³/mol. The SMILES string of the molecule is CCCCCCCC/C=C\CCCCCCCC(=O)OCC(COP(=O)(O)OCCN)OC(=O)CC/C=C/C/C=C/C/C=C/C=C\C(O)C/C=C/C/C=C\C(C)O. The summed E-state index contributed by atoms with van der Waals surface area (Å²) in [6.45, 7) is 2.98. The average molecular weight is 822 g/mol. The van der Waals surface area contributed by atoms with E-state index in [1.165, 1.54) is 38.5 Å². The minimum absolute atomic E-state index is 0.0234. The maximum absolute atomic E-state index is 12.5. The molecule has 4 atom stereocenters. The number of hydrogen-bond acceptors (Lipinski definition) is 10. The van der Waals surface area contributed by atoms with Crippen LogP contribution in [0.2, 0.25) is 0 Å². The summed E-state index contributed by atoms with van der Waals surface area (Å²) in [6.07, 6.45) is 43.7. The Labute approximate surface area is 344 Å². The Hall–Kier alpha value is -2.89. The normalized spacial score (nSPS) is 15.3. The van der Waals surface area contributed by atoms with Crippen LogP contribution in [0.5, 0.6) is 0 Å². The molecule has 0 bridgehead atoms. The van der Waals surface area contributed by atoms with E-state index in [0.717, 1.165) is 51.4 Å². The smallest absolute Gasteiger partial charge is 0.462 e. The zero-order valence-electron chi connectivity index (χ0n) is 35.0. The van der Waals surface area contributed by atoms with Crippen molar-refractivity contribution < 1.29 is 47.8 Å². The summed E-state index contributed by atoms with van der Waals surface area (Å²) in [6, 6.07) is 0. The summed E-state index contributed by atoms with van der Waals surface area (Å²) >= 11 is 0. The molecule has 0 radical (unpaired) electrons. The van der Waals surface area contributed by atoms with Crippen LogP contribution >= 0.6 is 7.82 Å². The minimum Gasteiger partial charge on any atom is -0.462 e. The molecular formula is C45H76NO10P. The fraction of sp³-hybridized carbons (Fsp3) is 0.644. The zero-order chi connectivity index (χ0) is 42.1. The van der Waals surface area contributed by atoms with Crippen LogP contribution in [0.25, 0.3) is 0 Å². The number of phosphoric ester groups is 1. The van der Waals surface area contributed by atoms with Gasteiger partial charge >= 0.3 is 19.8 Å². The van der Waals surface area contributed by atoms with Gasteiger partial charge < -0.3 is 30.3 Å². The van der Waals surface area contributed by atoms with E-state index in [2.05, 4.69) is 19.1 Å². The van der Waals surface area contributed by atoms with Crippen molar-refractivity contribution in [1.82, 2.24) is 0 Å². The number of aliphatic hydroxyl groups is 2. The van der Waals surface area contributed by atoms with Gasteiger partial charge in [-0.05, 0) is 71.1 Å². The minimum atomic E-state index is -4.42. The van der Waals surface area contributed by atoms with E-state index in [0.29, 0.717) is 25.7 Å². The second-order valence-corrected chi connectivity index (χ2v) is 15.4. The van der Waals surface area contributed by atoms with Gasteiger partial charge in [0, 0.05) is 19.4 Å². The average Bonchev–Trinajstić information content (AvgIpc) is 3.18. The van der Waals surface area contributed by atoms with Crippen molar-refractivity contribution in [2.75, 3.05) is 26.4 Å². The van der Waals surface area contributed by atoms with Gasteiger partial charge in [-0.1, -0.05) is 143 Å². The quantitative estimate of drug-likeness (QED) is 0.0153. The predicted octanol–water partition coefficient (Wildman–Crippen LogP) is 9.99. The highest BCUT2D eigenvalue weighted by Crippen LogP contribution is 2.43. The van der Waals surface area contributed by atoms with Gasteiger partial charge in [0.1, 0.15) is 6.61 Å². The molecular weight excluding hydrogens is 745 g/mol. The Balaban J connectivity index is 4.40. The molecule has 0 aliphatic carbocycles. The Kier molecular flexibility index (Phi) is 37.9. The fourth-order valence-electron chi connectivity index (χ4n) is 5.22. The van der Waals surface area contributed by atoms with Gasteiger partial charge in [0.05, 0.1) is 25.4 Å². The van der Waals surface area contributed by atoms with Crippen molar-refractivity contribution in [2.24, 2.45) is 5.73 Å². The maximum Gasteiger partial charge on any atom is 0.472 e. The van der Waals surface area contributed by atoms with Crippen LogP contribution in [0.4, 0.5) is 0 Å². The van der Waals surface area contributed by atoms with E-state index in [9.17, 15) is 29.3 Å². The van der Waals surface area contributed by atoms with Crippen molar-refractivity contribution in [3.05, 3.63) is 85.1 Å². The maximum atomic E-state index is 12.5. The van der Waals surface area contributed by atoms with Crippen LogP contribution in [-0.2, 0) is 32.7 Å². The van der Waals surface area contributed by atoms with Crippen molar-refractivity contribution in [3.8, 4) is 0 Å². The van der Waals surface area contributed by atoms with Crippen LogP contribution in [0, 0.1) is 0 Å².